The summed E-state index contributed by atoms with van der Waals surface area (Å²) in [6.45, 7) is 3.67. The SMILES string of the molecule is [CH2]c1cscc1N. The number of hydrogen-bond donors (Lipinski definition) is 1. The summed E-state index contributed by atoms with van der Waals surface area (Å²) in [5.74, 6) is 0. The molecule has 0 aliphatic heterocycles. The molecular weight excluding hydrogens is 106 g/mol. The van der Waals surface area contributed by atoms with Crippen LogP contribution >= 0.6 is 11.3 Å². The van der Waals surface area contributed by atoms with Crippen LogP contribution in [0, 0.1) is 6.92 Å². The molecule has 0 saturated carbocycles. The molecule has 2 N–H and O–H groups in total. The van der Waals surface area contributed by atoms with Crippen molar-refractivity contribution in [1.82, 2.24) is 0 Å². The van der Waals surface area contributed by atoms with Crippen LogP contribution < -0.4 is 5.73 Å². The molecule has 0 aromatic carbocycles. The molecule has 1 aromatic heterocycles. The molecule has 7 heavy (non-hydrogen) atoms. The molecule has 0 spiro atoms. The van der Waals surface area contributed by atoms with E-state index in [1.54, 1.807) is 11.3 Å². The van der Waals surface area contributed by atoms with Crippen molar-refractivity contribution in [2.45, 2.75) is 0 Å². The second-order valence-corrected chi connectivity index (χ2v) is 2.10. The van der Waals surface area contributed by atoms with Crippen molar-refractivity contribution in [1.29, 1.82) is 0 Å². The van der Waals surface area contributed by atoms with Crippen molar-refractivity contribution >= 4 is 17.0 Å². The van der Waals surface area contributed by atoms with Gasteiger partial charge in [0, 0.05) is 11.1 Å². The van der Waals surface area contributed by atoms with Crippen LogP contribution in [0.4, 0.5) is 5.69 Å². The Labute approximate surface area is 46.8 Å². The summed E-state index contributed by atoms with van der Waals surface area (Å²) in [5.41, 5.74) is 7.12. The number of nitrogens with two attached hydrogens (primary N) is 1. The maximum absolute atomic E-state index is 5.39. The van der Waals surface area contributed by atoms with E-state index in [1.165, 1.54) is 0 Å². The first-order valence-corrected chi connectivity index (χ1v) is 2.88. The van der Waals surface area contributed by atoms with Crippen LogP contribution in [0.15, 0.2) is 10.8 Å². The van der Waals surface area contributed by atoms with E-state index in [1.807, 2.05) is 10.8 Å². The summed E-state index contributed by atoms with van der Waals surface area (Å²) in [7, 11) is 0. The van der Waals surface area contributed by atoms with Crippen LogP contribution in [-0.2, 0) is 0 Å². The number of hydrogen-bond acceptors (Lipinski definition) is 2. The Balaban J connectivity index is 3.12. The highest BCUT2D eigenvalue weighted by molar-refractivity contribution is 7.08. The predicted molar refractivity (Wildman–Crippen MR) is 33.2 cm³/mol. The molecule has 1 radical (unpaired) electrons. The molecule has 1 aromatic rings. The van der Waals surface area contributed by atoms with Crippen LogP contribution in [0.5, 0.6) is 0 Å². The van der Waals surface area contributed by atoms with Crippen LogP contribution in [-0.4, -0.2) is 0 Å². The Morgan fingerprint density at radius 1 is 1.57 bits per heavy atom. The quantitative estimate of drug-likeness (QED) is 0.541. The van der Waals surface area contributed by atoms with Gasteiger partial charge in [-0.3, -0.25) is 0 Å². The van der Waals surface area contributed by atoms with Gasteiger partial charge in [-0.1, -0.05) is 0 Å². The Morgan fingerprint density at radius 3 is 2.43 bits per heavy atom. The fraction of sp³-hybridized carbons (Fsp3) is 0. The van der Waals surface area contributed by atoms with Crippen molar-refractivity contribution in [3.8, 4) is 0 Å². The summed E-state index contributed by atoms with van der Waals surface area (Å²) in [6, 6.07) is 0. The van der Waals surface area contributed by atoms with Gasteiger partial charge in [0.15, 0.2) is 0 Å². The van der Waals surface area contributed by atoms with Crippen molar-refractivity contribution in [3.05, 3.63) is 23.2 Å². The first-order valence-electron chi connectivity index (χ1n) is 1.94. The highest BCUT2D eigenvalue weighted by Gasteiger charge is 1.87. The van der Waals surface area contributed by atoms with E-state index in [4.69, 9.17) is 5.73 Å². The molecule has 0 aliphatic rings. The summed E-state index contributed by atoms with van der Waals surface area (Å²) in [5, 5.41) is 3.80. The Hall–Kier alpha value is -0.500. The molecule has 2 heteroatoms. The van der Waals surface area contributed by atoms with Gasteiger partial charge in [0.2, 0.25) is 0 Å². The second-order valence-electron chi connectivity index (χ2n) is 1.35. The highest BCUT2D eigenvalue weighted by Crippen LogP contribution is 2.14. The summed E-state index contributed by atoms with van der Waals surface area (Å²) < 4.78 is 0. The molecule has 1 rings (SSSR count). The van der Waals surface area contributed by atoms with Gasteiger partial charge in [-0.15, -0.1) is 11.3 Å². The van der Waals surface area contributed by atoms with Gasteiger partial charge < -0.3 is 5.73 Å². The minimum absolute atomic E-state index is 0.796. The van der Waals surface area contributed by atoms with E-state index in [2.05, 4.69) is 6.92 Å². The third-order valence-electron chi connectivity index (χ3n) is 0.776. The average molecular weight is 112 g/mol. The van der Waals surface area contributed by atoms with Crippen LogP contribution in [0.1, 0.15) is 5.56 Å². The Morgan fingerprint density at radius 2 is 2.29 bits per heavy atom. The van der Waals surface area contributed by atoms with Gasteiger partial charge in [0.05, 0.1) is 0 Å². The summed E-state index contributed by atoms with van der Waals surface area (Å²) in [4.78, 5) is 0. The fourth-order valence-corrected chi connectivity index (χ4v) is 1.000. The van der Waals surface area contributed by atoms with Gasteiger partial charge in [-0.05, 0) is 17.9 Å². The van der Waals surface area contributed by atoms with Crippen LogP contribution in [0.2, 0.25) is 0 Å². The maximum atomic E-state index is 5.39. The molecule has 1 heterocycles. The molecule has 0 amide bonds. The molecule has 0 bridgehead atoms. The van der Waals surface area contributed by atoms with Crippen LogP contribution in [0.3, 0.4) is 0 Å². The molecular formula is C5H6NS. The van der Waals surface area contributed by atoms with E-state index < -0.39 is 0 Å². The van der Waals surface area contributed by atoms with Gasteiger partial charge >= 0.3 is 0 Å². The number of nitrogen functional groups attached to an aromatic ring is 1. The lowest BCUT2D eigenvalue weighted by atomic mass is 10.3. The zero-order chi connectivity index (χ0) is 5.28. The van der Waals surface area contributed by atoms with Crippen molar-refractivity contribution < 1.29 is 0 Å². The number of rotatable bonds is 0. The summed E-state index contributed by atoms with van der Waals surface area (Å²) in [6.07, 6.45) is 0. The molecule has 37 valence electrons. The minimum atomic E-state index is 0.796. The first kappa shape index (κ1) is 4.65. The van der Waals surface area contributed by atoms with E-state index in [-0.39, 0.29) is 0 Å². The molecule has 0 fully saturated rings. The predicted octanol–water partition coefficient (Wildman–Crippen LogP) is 1.51. The molecule has 1 nitrogen and oxygen atoms in total. The van der Waals surface area contributed by atoms with Gasteiger partial charge in [-0.25, -0.2) is 0 Å². The maximum Gasteiger partial charge on any atom is 0.0455 e. The average Bonchev–Trinajstić information content (AvgIpc) is 1.91. The fourth-order valence-electron chi connectivity index (χ4n) is 0.333. The largest absolute Gasteiger partial charge is 0.398 e. The second kappa shape index (κ2) is 1.54. The first-order chi connectivity index (χ1) is 3.30. The Kier molecular flexibility index (Phi) is 1.02. The zero-order valence-electron chi connectivity index (χ0n) is 3.85. The standard InChI is InChI=1S/C5H6NS/c1-4-2-7-3-5(4)6/h2-3H,1,6H2. The van der Waals surface area contributed by atoms with Gasteiger partial charge in [0.1, 0.15) is 0 Å². The van der Waals surface area contributed by atoms with Crippen LogP contribution in [0.25, 0.3) is 0 Å². The summed E-state index contributed by atoms with van der Waals surface area (Å²) >= 11 is 1.58. The highest BCUT2D eigenvalue weighted by atomic mass is 32.1. The number of anilines is 1. The lowest BCUT2D eigenvalue weighted by molar-refractivity contribution is 1.75. The lowest BCUT2D eigenvalue weighted by Crippen LogP contribution is -1.80. The zero-order valence-corrected chi connectivity index (χ0v) is 4.66. The number of thiophene rings is 1. The molecule has 0 atom stereocenters. The van der Waals surface area contributed by atoms with Crippen molar-refractivity contribution in [2.24, 2.45) is 0 Å². The van der Waals surface area contributed by atoms with Crippen molar-refractivity contribution in [3.63, 3.8) is 0 Å². The normalized spacial score (nSPS) is 9.29. The third kappa shape index (κ3) is 0.747. The van der Waals surface area contributed by atoms with Gasteiger partial charge in [0.25, 0.3) is 0 Å². The Bertz CT molecular complexity index is 140. The van der Waals surface area contributed by atoms with Gasteiger partial charge in [-0.2, -0.15) is 0 Å². The van der Waals surface area contributed by atoms with E-state index >= 15 is 0 Å². The molecule has 0 saturated heterocycles. The van der Waals surface area contributed by atoms with E-state index in [0.29, 0.717) is 0 Å². The van der Waals surface area contributed by atoms with E-state index in [9.17, 15) is 0 Å². The smallest absolute Gasteiger partial charge is 0.0455 e. The minimum Gasteiger partial charge on any atom is -0.398 e. The van der Waals surface area contributed by atoms with Crippen molar-refractivity contribution in [2.75, 3.05) is 5.73 Å². The lowest BCUT2D eigenvalue weighted by Gasteiger charge is -1.80. The monoisotopic (exact) mass is 112 g/mol. The third-order valence-corrected chi connectivity index (χ3v) is 1.59. The van der Waals surface area contributed by atoms with E-state index in [0.717, 1.165) is 11.3 Å². The topological polar surface area (TPSA) is 26.0 Å². The molecule has 0 aliphatic carbocycles. The molecule has 0 unspecified atom stereocenters.